The molecule has 2 saturated heterocycles. The summed E-state index contributed by atoms with van der Waals surface area (Å²) in [6.45, 7) is 8.80. The first-order chi connectivity index (χ1) is 11.7. The standard InChI is InChI=1S/C18H28N4O2/c1-2-21-15-16(5-6-17(21)23)18(24)22-13-11-20(12-14-22)10-9-19-7-3-4-8-19/h3-4,7-8,16H,2,5-6,9-15H2,1H3. The van der Waals surface area contributed by atoms with Gasteiger partial charge in [-0.05, 0) is 25.5 Å². The Balaban J connectivity index is 1.44. The molecule has 0 saturated carbocycles. The van der Waals surface area contributed by atoms with Crippen LogP contribution >= 0.6 is 0 Å². The number of likely N-dealkylation sites (tertiary alicyclic amines) is 1. The molecule has 0 aromatic carbocycles. The van der Waals surface area contributed by atoms with Gasteiger partial charge in [0.2, 0.25) is 11.8 Å². The number of rotatable bonds is 5. The van der Waals surface area contributed by atoms with Crippen molar-refractivity contribution >= 4 is 11.8 Å². The van der Waals surface area contributed by atoms with Gasteiger partial charge in [0.1, 0.15) is 0 Å². The molecule has 0 bridgehead atoms. The largest absolute Gasteiger partial charge is 0.353 e. The van der Waals surface area contributed by atoms with E-state index in [1.54, 1.807) is 0 Å². The van der Waals surface area contributed by atoms with E-state index in [4.69, 9.17) is 0 Å². The summed E-state index contributed by atoms with van der Waals surface area (Å²) in [5, 5.41) is 0. The maximum absolute atomic E-state index is 12.7. The monoisotopic (exact) mass is 332 g/mol. The number of hydrogen-bond acceptors (Lipinski definition) is 3. The first kappa shape index (κ1) is 17.0. The zero-order valence-electron chi connectivity index (χ0n) is 14.6. The molecule has 2 aliphatic heterocycles. The summed E-state index contributed by atoms with van der Waals surface area (Å²) in [5.41, 5.74) is 0. The maximum atomic E-state index is 12.7. The lowest BCUT2D eigenvalue weighted by Crippen LogP contribution is -2.53. The lowest BCUT2D eigenvalue weighted by molar-refractivity contribution is -0.144. The molecule has 1 unspecified atom stereocenters. The average molecular weight is 332 g/mol. The summed E-state index contributed by atoms with van der Waals surface area (Å²) in [6.07, 6.45) is 5.40. The van der Waals surface area contributed by atoms with E-state index in [1.165, 1.54) is 0 Å². The third-order valence-corrected chi connectivity index (χ3v) is 5.26. The van der Waals surface area contributed by atoms with Crippen molar-refractivity contribution in [3.05, 3.63) is 24.5 Å². The van der Waals surface area contributed by atoms with Gasteiger partial charge in [0.15, 0.2) is 0 Å². The van der Waals surface area contributed by atoms with Crippen LogP contribution < -0.4 is 0 Å². The minimum Gasteiger partial charge on any atom is -0.353 e. The number of hydrogen-bond donors (Lipinski definition) is 0. The molecule has 2 fully saturated rings. The van der Waals surface area contributed by atoms with Crippen LogP contribution in [0.25, 0.3) is 0 Å². The number of piperazine rings is 1. The molecule has 0 radical (unpaired) electrons. The zero-order valence-corrected chi connectivity index (χ0v) is 14.6. The molecule has 3 rings (SSSR count). The van der Waals surface area contributed by atoms with Gasteiger partial charge in [-0.3, -0.25) is 14.5 Å². The van der Waals surface area contributed by atoms with E-state index in [1.807, 2.05) is 28.9 Å². The van der Waals surface area contributed by atoms with Crippen LogP contribution in [0.2, 0.25) is 0 Å². The number of carbonyl (C=O) groups is 2. The summed E-state index contributed by atoms with van der Waals surface area (Å²) < 4.78 is 2.19. The third kappa shape index (κ3) is 3.98. The van der Waals surface area contributed by atoms with Gasteiger partial charge in [-0.15, -0.1) is 0 Å². The summed E-state index contributed by atoms with van der Waals surface area (Å²) in [6, 6.07) is 4.09. The molecule has 1 aromatic heterocycles. The van der Waals surface area contributed by atoms with E-state index in [9.17, 15) is 9.59 Å². The Hall–Kier alpha value is -1.82. The molecule has 132 valence electrons. The van der Waals surface area contributed by atoms with E-state index in [-0.39, 0.29) is 17.7 Å². The van der Waals surface area contributed by atoms with Crippen LogP contribution in [0.1, 0.15) is 19.8 Å². The van der Waals surface area contributed by atoms with Crippen molar-refractivity contribution in [3.63, 3.8) is 0 Å². The smallest absolute Gasteiger partial charge is 0.227 e. The fraction of sp³-hybridized carbons (Fsp3) is 0.667. The minimum absolute atomic E-state index is 0.00549. The second kappa shape index (κ2) is 7.83. The summed E-state index contributed by atoms with van der Waals surface area (Å²) in [5.74, 6) is 0.427. The van der Waals surface area contributed by atoms with Gasteiger partial charge in [-0.1, -0.05) is 0 Å². The predicted molar refractivity (Wildman–Crippen MR) is 92.4 cm³/mol. The Kier molecular flexibility index (Phi) is 5.56. The number of carbonyl (C=O) groups excluding carboxylic acids is 2. The summed E-state index contributed by atoms with van der Waals surface area (Å²) in [4.78, 5) is 30.8. The summed E-state index contributed by atoms with van der Waals surface area (Å²) in [7, 11) is 0. The highest BCUT2D eigenvalue weighted by Crippen LogP contribution is 2.20. The average Bonchev–Trinajstić information content (AvgIpc) is 3.14. The van der Waals surface area contributed by atoms with Crippen molar-refractivity contribution in [2.24, 2.45) is 5.92 Å². The van der Waals surface area contributed by atoms with E-state index in [0.717, 1.165) is 39.3 Å². The molecule has 24 heavy (non-hydrogen) atoms. The fourth-order valence-electron chi connectivity index (χ4n) is 3.65. The zero-order chi connectivity index (χ0) is 16.9. The topological polar surface area (TPSA) is 48.8 Å². The molecule has 1 aromatic rings. The lowest BCUT2D eigenvalue weighted by Gasteiger charge is -2.38. The van der Waals surface area contributed by atoms with E-state index >= 15 is 0 Å². The Bertz CT molecular complexity index is 549. The molecule has 2 amide bonds. The van der Waals surface area contributed by atoms with Gasteiger partial charge in [-0.25, -0.2) is 0 Å². The quantitative estimate of drug-likeness (QED) is 0.805. The molecule has 2 aliphatic rings. The van der Waals surface area contributed by atoms with E-state index in [2.05, 4.69) is 21.9 Å². The Morgan fingerprint density at radius 1 is 1.12 bits per heavy atom. The van der Waals surface area contributed by atoms with Crippen molar-refractivity contribution in [2.75, 3.05) is 45.8 Å². The second-order valence-electron chi connectivity index (χ2n) is 6.76. The number of amides is 2. The van der Waals surface area contributed by atoms with Crippen LogP contribution in [0.15, 0.2) is 24.5 Å². The fourth-order valence-corrected chi connectivity index (χ4v) is 3.65. The van der Waals surface area contributed by atoms with Gasteiger partial charge < -0.3 is 14.4 Å². The molecular formula is C18H28N4O2. The number of nitrogens with zero attached hydrogens (tertiary/aromatic N) is 4. The van der Waals surface area contributed by atoms with E-state index < -0.39 is 0 Å². The molecule has 0 N–H and O–H groups in total. The van der Waals surface area contributed by atoms with Gasteiger partial charge in [0, 0.05) is 71.2 Å². The molecule has 0 spiro atoms. The van der Waals surface area contributed by atoms with Crippen molar-refractivity contribution in [1.29, 1.82) is 0 Å². The highest BCUT2D eigenvalue weighted by molar-refractivity contribution is 5.84. The molecule has 0 aliphatic carbocycles. The Labute approximate surface area is 144 Å². The van der Waals surface area contributed by atoms with Gasteiger partial charge >= 0.3 is 0 Å². The second-order valence-corrected chi connectivity index (χ2v) is 6.76. The number of aromatic nitrogens is 1. The molecule has 3 heterocycles. The molecule has 1 atom stereocenters. The van der Waals surface area contributed by atoms with Crippen LogP contribution in [-0.2, 0) is 16.1 Å². The van der Waals surface area contributed by atoms with Crippen molar-refractivity contribution < 1.29 is 9.59 Å². The van der Waals surface area contributed by atoms with Crippen LogP contribution in [-0.4, -0.2) is 76.9 Å². The van der Waals surface area contributed by atoms with Crippen LogP contribution in [0.5, 0.6) is 0 Å². The third-order valence-electron chi connectivity index (χ3n) is 5.26. The van der Waals surface area contributed by atoms with Crippen molar-refractivity contribution in [1.82, 2.24) is 19.3 Å². The predicted octanol–water partition coefficient (Wildman–Crippen LogP) is 0.891. The minimum atomic E-state index is -0.00549. The lowest BCUT2D eigenvalue weighted by atomic mass is 9.95. The Morgan fingerprint density at radius 3 is 2.50 bits per heavy atom. The SMILES string of the molecule is CCN1CC(C(=O)N2CCN(CCn3cccc3)CC2)CCC1=O. The summed E-state index contributed by atoms with van der Waals surface area (Å²) >= 11 is 0. The maximum Gasteiger partial charge on any atom is 0.227 e. The van der Waals surface area contributed by atoms with Crippen LogP contribution in [0.3, 0.4) is 0 Å². The van der Waals surface area contributed by atoms with E-state index in [0.29, 0.717) is 25.9 Å². The normalized spacial score (nSPS) is 22.9. The highest BCUT2D eigenvalue weighted by atomic mass is 16.2. The van der Waals surface area contributed by atoms with Gasteiger partial charge in [-0.2, -0.15) is 0 Å². The Morgan fingerprint density at radius 2 is 1.83 bits per heavy atom. The number of piperidine rings is 1. The van der Waals surface area contributed by atoms with Crippen LogP contribution in [0.4, 0.5) is 0 Å². The van der Waals surface area contributed by atoms with Gasteiger partial charge in [0.05, 0.1) is 5.92 Å². The van der Waals surface area contributed by atoms with Gasteiger partial charge in [0.25, 0.3) is 0 Å². The highest BCUT2D eigenvalue weighted by Gasteiger charge is 2.33. The van der Waals surface area contributed by atoms with Crippen molar-refractivity contribution in [3.8, 4) is 0 Å². The molecular weight excluding hydrogens is 304 g/mol. The first-order valence-corrected chi connectivity index (χ1v) is 9.07. The molecule has 6 nitrogen and oxygen atoms in total. The first-order valence-electron chi connectivity index (χ1n) is 9.07. The molecule has 6 heteroatoms. The van der Waals surface area contributed by atoms with Crippen LogP contribution in [0, 0.1) is 5.92 Å². The van der Waals surface area contributed by atoms with Crippen molar-refractivity contribution in [2.45, 2.75) is 26.3 Å².